The van der Waals surface area contributed by atoms with Gasteiger partial charge in [-0.15, -0.1) is 5.11 Å². The summed E-state index contributed by atoms with van der Waals surface area (Å²) in [5.41, 5.74) is 0.109. The van der Waals surface area contributed by atoms with Gasteiger partial charge in [0.15, 0.2) is 5.82 Å². The Morgan fingerprint density at radius 1 is 1.38 bits per heavy atom. The summed E-state index contributed by atoms with van der Waals surface area (Å²) in [6.45, 7) is 6.49. The third kappa shape index (κ3) is 1.56. The molecule has 2 heterocycles. The van der Waals surface area contributed by atoms with Gasteiger partial charge in [-0.3, -0.25) is 8.61 Å². The number of hydrogen-bond donors (Lipinski definition) is 0. The maximum absolute atomic E-state index is 4.02. The van der Waals surface area contributed by atoms with Gasteiger partial charge in [-0.2, -0.15) is 5.11 Å². The molecular weight excluding hydrogens is 184 g/mol. The van der Waals surface area contributed by atoms with Crippen molar-refractivity contribution in [2.45, 2.75) is 26.3 Å². The first-order valence-corrected chi connectivity index (χ1v) is 4.86. The molecule has 0 unspecified atom stereocenters. The second kappa shape index (κ2) is 2.77. The Bertz CT molecular complexity index is 300. The predicted molar refractivity (Wildman–Crippen MR) is 53.1 cm³/mol. The highest BCUT2D eigenvalue weighted by Gasteiger charge is 2.29. The van der Waals surface area contributed by atoms with Crippen molar-refractivity contribution >= 4 is 12.1 Å². The number of rotatable bonds is 0. The van der Waals surface area contributed by atoms with Crippen LogP contribution in [0.25, 0.3) is 0 Å². The molecule has 0 saturated carbocycles. The summed E-state index contributed by atoms with van der Waals surface area (Å²) in [6.07, 6.45) is 5.61. The lowest BCUT2D eigenvalue weighted by Gasteiger charge is -2.30. The molecule has 2 aliphatic heterocycles. The van der Waals surface area contributed by atoms with Crippen molar-refractivity contribution in [3.8, 4) is 0 Å². The van der Waals surface area contributed by atoms with Gasteiger partial charge in [-0.1, -0.05) is 0 Å². The molecular formula is C8H12N4S. The fraction of sp³-hybridized carbons (Fsp3) is 0.500. The van der Waals surface area contributed by atoms with Gasteiger partial charge in [0.1, 0.15) is 0 Å². The normalized spacial score (nSPS) is 20.7. The van der Waals surface area contributed by atoms with Crippen LogP contribution in [0.4, 0.5) is 0 Å². The molecule has 0 aromatic rings. The molecule has 4 nitrogen and oxygen atoms in total. The molecule has 0 aromatic heterocycles. The van der Waals surface area contributed by atoms with Gasteiger partial charge < -0.3 is 0 Å². The molecule has 13 heavy (non-hydrogen) atoms. The fourth-order valence-corrected chi connectivity index (χ4v) is 1.85. The van der Waals surface area contributed by atoms with E-state index in [2.05, 4.69) is 35.3 Å². The smallest absolute Gasteiger partial charge is 0.183 e. The molecule has 0 aromatic carbocycles. The number of fused-ring (bicyclic) bond motifs is 1. The highest BCUT2D eigenvalue weighted by atomic mass is 32.2. The van der Waals surface area contributed by atoms with E-state index >= 15 is 0 Å². The minimum Gasteiger partial charge on any atom is -0.296 e. The quantitative estimate of drug-likeness (QED) is 0.558. The van der Waals surface area contributed by atoms with E-state index in [-0.39, 0.29) is 5.54 Å². The summed E-state index contributed by atoms with van der Waals surface area (Å²) >= 11 is 1.64. The topological polar surface area (TPSA) is 31.2 Å². The molecule has 0 spiro atoms. The summed E-state index contributed by atoms with van der Waals surface area (Å²) < 4.78 is 4.16. The third-order valence-corrected chi connectivity index (χ3v) is 3.04. The molecule has 0 bridgehead atoms. The van der Waals surface area contributed by atoms with Crippen LogP contribution in [0.3, 0.4) is 0 Å². The second-order valence-corrected chi connectivity index (χ2v) is 4.86. The van der Waals surface area contributed by atoms with Crippen molar-refractivity contribution in [3.05, 3.63) is 24.4 Å². The molecule has 0 atom stereocenters. The van der Waals surface area contributed by atoms with E-state index in [1.54, 1.807) is 18.3 Å². The molecule has 70 valence electrons. The number of azo groups is 1. The summed E-state index contributed by atoms with van der Waals surface area (Å²) in [5, 5.41) is 7.85. The highest BCUT2D eigenvalue weighted by Crippen LogP contribution is 2.38. The zero-order valence-electron chi connectivity index (χ0n) is 7.93. The maximum atomic E-state index is 4.02. The summed E-state index contributed by atoms with van der Waals surface area (Å²) in [7, 11) is 0. The van der Waals surface area contributed by atoms with E-state index in [9.17, 15) is 0 Å². The minimum atomic E-state index is 0.109. The van der Waals surface area contributed by atoms with Gasteiger partial charge in [-0.25, -0.2) is 0 Å². The molecule has 2 aliphatic rings. The Kier molecular flexibility index (Phi) is 1.83. The highest BCUT2D eigenvalue weighted by molar-refractivity contribution is 7.95. The van der Waals surface area contributed by atoms with Crippen LogP contribution >= 0.6 is 12.1 Å². The monoisotopic (exact) mass is 196 g/mol. The minimum absolute atomic E-state index is 0.109. The fourth-order valence-electron chi connectivity index (χ4n) is 0.994. The van der Waals surface area contributed by atoms with E-state index < -0.39 is 0 Å². The molecule has 2 rings (SSSR count). The van der Waals surface area contributed by atoms with Crippen LogP contribution in [-0.2, 0) is 0 Å². The van der Waals surface area contributed by atoms with E-state index in [0.717, 1.165) is 5.82 Å². The van der Waals surface area contributed by atoms with Crippen molar-refractivity contribution < 1.29 is 0 Å². The first kappa shape index (κ1) is 8.62. The lowest BCUT2D eigenvalue weighted by molar-refractivity contribution is 0.351. The van der Waals surface area contributed by atoms with Crippen LogP contribution < -0.4 is 0 Å². The maximum Gasteiger partial charge on any atom is 0.183 e. The molecule has 0 aliphatic carbocycles. The van der Waals surface area contributed by atoms with Gasteiger partial charge >= 0.3 is 0 Å². The third-order valence-electron chi connectivity index (χ3n) is 1.72. The van der Waals surface area contributed by atoms with Crippen LogP contribution in [0.1, 0.15) is 20.8 Å². The van der Waals surface area contributed by atoms with Crippen molar-refractivity contribution in [2.24, 2.45) is 10.2 Å². The van der Waals surface area contributed by atoms with Gasteiger partial charge in [0.2, 0.25) is 0 Å². The van der Waals surface area contributed by atoms with Gasteiger partial charge in [0.25, 0.3) is 0 Å². The second-order valence-electron chi connectivity index (χ2n) is 3.90. The van der Waals surface area contributed by atoms with E-state index in [1.807, 2.05) is 16.7 Å². The van der Waals surface area contributed by atoms with Crippen molar-refractivity contribution in [1.29, 1.82) is 0 Å². The van der Waals surface area contributed by atoms with E-state index in [1.165, 1.54) is 0 Å². The zero-order valence-corrected chi connectivity index (χ0v) is 8.75. The van der Waals surface area contributed by atoms with Crippen LogP contribution in [-0.4, -0.2) is 14.1 Å². The van der Waals surface area contributed by atoms with Crippen LogP contribution in [0.15, 0.2) is 34.6 Å². The summed E-state index contributed by atoms with van der Waals surface area (Å²) in [6, 6.07) is 0. The first-order chi connectivity index (χ1) is 6.07. The van der Waals surface area contributed by atoms with Gasteiger partial charge in [0, 0.05) is 11.7 Å². The molecule has 0 fully saturated rings. The molecule has 0 saturated heterocycles. The largest absolute Gasteiger partial charge is 0.296 e. The van der Waals surface area contributed by atoms with Crippen molar-refractivity contribution in [1.82, 2.24) is 8.61 Å². The van der Waals surface area contributed by atoms with Crippen molar-refractivity contribution in [2.75, 3.05) is 0 Å². The zero-order chi connectivity index (χ0) is 9.47. The molecule has 0 radical (unpaired) electrons. The Hall–Kier alpha value is -0.970. The van der Waals surface area contributed by atoms with E-state index in [0.29, 0.717) is 0 Å². The SMILES string of the molecule is CC(C)(C)N1C=C2N=NC=CN2S1. The molecule has 0 amide bonds. The Morgan fingerprint density at radius 2 is 2.15 bits per heavy atom. The average molecular weight is 196 g/mol. The molecule has 0 N–H and O–H groups in total. The van der Waals surface area contributed by atoms with E-state index in [4.69, 9.17) is 0 Å². The van der Waals surface area contributed by atoms with Crippen LogP contribution in [0, 0.1) is 0 Å². The summed E-state index contributed by atoms with van der Waals surface area (Å²) in [5.74, 6) is 0.891. The van der Waals surface area contributed by atoms with Gasteiger partial charge in [0.05, 0.1) is 24.5 Å². The van der Waals surface area contributed by atoms with Gasteiger partial charge in [-0.05, 0) is 20.8 Å². The van der Waals surface area contributed by atoms with Crippen LogP contribution in [0.5, 0.6) is 0 Å². The molecule has 5 heteroatoms. The first-order valence-electron chi connectivity index (χ1n) is 4.13. The average Bonchev–Trinajstić information content (AvgIpc) is 2.45. The lowest BCUT2D eigenvalue weighted by Crippen LogP contribution is -2.30. The Balaban J connectivity index is 2.21. The summed E-state index contributed by atoms with van der Waals surface area (Å²) in [4.78, 5) is 0. The Labute approximate surface area is 82.3 Å². The van der Waals surface area contributed by atoms with Crippen molar-refractivity contribution in [3.63, 3.8) is 0 Å². The van der Waals surface area contributed by atoms with Crippen LogP contribution in [0.2, 0.25) is 0 Å². The predicted octanol–water partition coefficient (Wildman–Crippen LogP) is 2.70. The Morgan fingerprint density at radius 3 is 2.77 bits per heavy atom. The number of hydrogen-bond acceptors (Lipinski definition) is 5. The number of nitrogens with zero attached hydrogens (tertiary/aromatic N) is 4. The standard InChI is InChI=1S/C8H12N4S/c1-8(2,3)12-6-7-10-9-4-5-11(7)13-12/h4-6H,1-3H3. The lowest BCUT2D eigenvalue weighted by atomic mass is 10.1.